The van der Waals surface area contributed by atoms with Gasteiger partial charge in [-0.25, -0.2) is 0 Å². The van der Waals surface area contributed by atoms with Crippen molar-refractivity contribution in [3.05, 3.63) is 35.9 Å². The third kappa shape index (κ3) is 4.68. The van der Waals surface area contributed by atoms with Crippen LogP contribution in [0.25, 0.3) is 0 Å². The molecule has 2 saturated heterocycles. The summed E-state index contributed by atoms with van der Waals surface area (Å²) in [5, 5.41) is 0. The van der Waals surface area contributed by atoms with Crippen molar-refractivity contribution in [2.75, 3.05) is 39.3 Å². The third-order valence-electron chi connectivity index (χ3n) is 7.69. The van der Waals surface area contributed by atoms with Crippen molar-refractivity contribution in [3.63, 3.8) is 0 Å². The summed E-state index contributed by atoms with van der Waals surface area (Å²) < 4.78 is 0. The molecule has 3 N–H and O–H groups in total. The highest BCUT2D eigenvalue weighted by Crippen LogP contribution is 2.21. The van der Waals surface area contributed by atoms with Gasteiger partial charge in [-0.1, -0.05) is 37.3 Å². The highest BCUT2D eigenvalue weighted by atomic mass is 15.3. The monoisotopic (exact) mass is 358 g/mol. The zero-order valence-electron chi connectivity index (χ0n) is 16.8. The number of quaternary nitrogens is 3. The molecule has 0 atom stereocenters. The third-order valence-corrected chi connectivity index (χ3v) is 7.69. The predicted molar refractivity (Wildman–Crippen MR) is 107 cm³/mol. The number of likely N-dealkylation sites (tertiary alicyclic amines) is 1. The molecule has 144 valence electrons. The summed E-state index contributed by atoms with van der Waals surface area (Å²) in [5.74, 6) is 0.987. The molecule has 0 aromatic heterocycles. The van der Waals surface area contributed by atoms with Gasteiger partial charge >= 0.3 is 0 Å². The molecule has 1 saturated carbocycles. The van der Waals surface area contributed by atoms with Crippen molar-refractivity contribution in [1.82, 2.24) is 0 Å². The molecule has 2 heterocycles. The molecular weight excluding hydrogens is 318 g/mol. The Morgan fingerprint density at radius 2 is 1.23 bits per heavy atom. The fraction of sp³-hybridized carbons (Fsp3) is 0.739. The highest BCUT2D eigenvalue weighted by Gasteiger charge is 2.36. The van der Waals surface area contributed by atoms with E-state index < -0.39 is 0 Å². The van der Waals surface area contributed by atoms with Crippen molar-refractivity contribution in [2.24, 2.45) is 5.92 Å². The van der Waals surface area contributed by atoms with Gasteiger partial charge in [-0.3, -0.25) is 0 Å². The molecular formula is C23H40N3+3. The summed E-state index contributed by atoms with van der Waals surface area (Å²) in [6.07, 6.45) is 8.82. The van der Waals surface area contributed by atoms with E-state index in [1.165, 1.54) is 89.9 Å². The molecule has 0 amide bonds. The van der Waals surface area contributed by atoms with Gasteiger partial charge in [0, 0.05) is 18.4 Å². The van der Waals surface area contributed by atoms with Crippen molar-refractivity contribution >= 4 is 0 Å². The first-order chi connectivity index (χ1) is 12.8. The first kappa shape index (κ1) is 18.5. The van der Waals surface area contributed by atoms with Crippen LogP contribution >= 0.6 is 0 Å². The lowest BCUT2D eigenvalue weighted by Gasteiger charge is -2.41. The fourth-order valence-electron chi connectivity index (χ4n) is 5.87. The quantitative estimate of drug-likeness (QED) is 0.648. The van der Waals surface area contributed by atoms with Crippen LogP contribution in [0, 0.1) is 5.92 Å². The molecule has 1 aromatic rings. The highest BCUT2D eigenvalue weighted by molar-refractivity contribution is 5.13. The second kappa shape index (κ2) is 8.86. The van der Waals surface area contributed by atoms with E-state index in [4.69, 9.17) is 0 Å². The first-order valence-electron chi connectivity index (χ1n) is 11.3. The van der Waals surface area contributed by atoms with E-state index in [-0.39, 0.29) is 0 Å². The van der Waals surface area contributed by atoms with Gasteiger partial charge < -0.3 is 14.7 Å². The molecule has 0 radical (unpaired) electrons. The van der Waals surface area contributed by atoms with Gasteiger partial charge in [0.15, 0.2) is 0 Å². The van der Waals surface area contributed by atoms with E-state index in [0.717, 1.165) is 18.0 Å². The van der Waals surface area contributed by atoms with Crippen LogP contribution in [0.15, 0.2) is 30.3 Å². The Bertz CT molecular complexity index is 522. The van der Waals surface area contributed by atoms with Crippen LogP contribution in [0.3, 0.4) is 0 Å². The van der Waals surface area contributed by atoms with E-state index in [0.29, 0.717) is 0 Å². The van der Waals surface area contributed by atoms with Crippen LogP contribution in [-0.2, 0) is 6.54 Å². The van der Waals surface area contributed by atoms with Crippen LogP contribution in [0.2, 0.25) is 0 Å². The second-order valence-electron chi connectivity index (χ2n) is 9.46. The summed E-state index contributed by atoms with van der Waals surface area (Å²) in [6, 6.07) is 13.0. The van der Waals surface area contributed by atoms with Crippen LogP contribution in [0.1, 0.15) is 51.0 Å². The first-order valence-corrected chi connectivity index (χ1v) is 11.3. The number of benzene rings is 1. The molecule has 3 heteroatoms. The molecule has 4 rings (SSSR count). The summed E-state index contributed by atoms with van der Waals surface area (Å²) in [6.45, 7) is 12.2. The fourth-order valence-corrected chi connectivity index (χ4v) is 5.87. The lowest BCUT2D eigenvalue weighted by Crippen LogP contribution is -3.31. The number of hydrogen-bond acceptors (Lipinski definition) is 0. The van der Waals surface area contributed by atoms with E-state index in [9.17, 15) is 0 Å². The molecule has 3 aliphatic rings. The minimum atomic E-state index is 0.947. The van der Waals surface area contributed by atoms with Gasteiger partial charge in [0.25, 0.3) is 0 Å². The average Bonchev–Trinajstić information content (AvgIpc) is 2.70. The van der Waals surface area contributed by atoms with Gasteiger partial charge in [0.2, 0.25) is 0 Å². The largest absolute Gasteiger partial charge is 0.331 e. The summed E-state index contributed by atoms with van der Waals surface area (Å²) in [4.78, 5) is 5.69. The Hall–Kier alpha value is -0.900. The smallest absolute Gasteiger partial charge is 0.127 e. The van der Waals surface area contributed by atoms with Gasteiger partial charge in [0.1, 0.15) is 32.7 Å². The molecule has 1 aromatic carbocycles. The summed E-state index contributed by atoms with van der Waals surface area (Å²) in [5.41, 5.74) is 1.51. The zero-order valence-corrected chi connectivity index (χ0v) is 16.8. The maximum atomic E-state index is 2.44. The van der Waals surface area contributed by atoms with Crippen LogP contribution in [-0.4, -0.2) is 51.4 Å². The SMILES string of the molecule is CC1CCC([NH+]2CC[NH+](C3CC[NH+](Cc4ccccc4)CC3)CC2)CC1. The number of nitrogens with one attached hydrogen (secondary N) is 3. The molecule has 0 unspecified atom stereocenters. The number of piperazine rings is 1. The number of hydrogen-bond donors (Lipinski definition) is 3. The maximum absolute atomic E-state index is 2.44. The lowest BCUT2D eigenvalue weighted by atomic mass is 9.86. The van der Waals surface area contributed by atoms with Gasteiger partial charge in [-0.05, 0) is 31.6 Å². The van der Waals surface area contributed by atoms with Crippen molar-refractivity contribution in [1.29, 1.82) is 0 Å². The lowest BCUT2D eigenvalue weighted by molar-refractivity contribution is -1.04. The normalized spacial score (nSPS) is 38.8. The molecule has 3 fully saturated rings. The Morgan fingerprint density at radius 3 is 1.81 bits per heavy atom. The van der Waals surface area contributed by atoms with Crippen LogP contribution in [0.4, 0.5) is 0 Å². The van der Waals surface area contributed by atoms with E-state index in [1.807, 2.05) is 9.80 Å². The maximum Gasteiger partial charge on any atom is 0.127 e. The average molecular weight is 359 g/mol. The molecule has 0 bridgehead atoms. The van der Waals surface area contributed by atoms with Crippen LogP contribution in [0.5, 0.6) is 0 Å². The van der Waals surface area contributed by atoms with Crippen molar-refractivity contribution in [3.8, 4) is 0 Å². The van der Waals surface area contributed by atoms with E-state index >= 15 is 0 Å². The Labute approximate surface area is 160 Å². The number of rotatable bonds is 4. The standard InChI is InChI=1S/C23H37N3/c1-20-7-9-22(10-8-20)25-15-17-26(18-16-25)23-11-13-24(14-12-23)19-21-5-3-2-4-6-21/h2-6,20,22-23H,7-19H2,1H3/p+3. The second-order valence-corrected chi connectivity index (χ2v) is 9.46. The van der Waals surface area contributed by atoms with E-state index in [1.54, 1.807) is 4.90 Å². The van der Waals surface area contributed by atoms with Gasteiger partial charge in [0.05, 0.1) is 25.2 Å². The number of piperidine rings is 1. The summed E-state index contributed by atoms with van der Waals surface area (Å²) in [7, 11) is 0. The molecule has 3 nitrogen and oxygen atoms in total. The molecule has 26 heavy (non-hydrogen) atoms. The topological polar surface area (TPSA) is 13.3 Å². The molecule has 1 aliphatic carbocycles. The Balaban J connectivity index is 1.19. The predicted octanol–water partition coefficient (Wildman–Crippen LogP) is -0.404. The minimum Gasteiger partial charge on any atom is -0.331 e. The molecule has 0 spiro atoms. The summed E-state index contributed by atoms with van der Waals surface area (Å²) >= 11 is 0. The van der Waals surface area contributed by atoms with Gasteiger partial charge in [-0.2, -0.15) is 0 Å². The minimum absolute atomic E-state index is 0.947. The van der Waals surface area contributed by atoms with E-state index in [2.05, 4.69) is 37.3 Å². The van der Waals surface area contributed by atoms with Crippen molar-refractivity contribution in [2.45, 2.75) is 64.1 Å². The Morgan fingerprint density at radius 1 is 0.692 bits per heavy atom. The van der Waals surface area contributed by atoms with Crippen molar-refractivity contribution < 1.29 is 14.7 Å². The zero-order chi connectivity index (χ0) is 17.8. The molecule has 2 aliphatic heterocycles. The van der Waals surface area contributed by atoms with Crippen LogP contribution < -0.4 is 14.7 Å². The van der Waals surface area contributed by atoms with Gasteiger partial charge in [-0.15, -0.1) is 0 Å². The Kier molecular flexibility index (Phi) is 6.29.